The molecule has 14 heavy (non-hydrogen) atoms. The molecule has 0 atom stereocenters. The fourth-order valence-electron chi connectivity index (χ4n) is 0.837. The summed E-state index contributed by atoms with van der Waals surface area (Å²) in [7, 11) is -3.39. The zero-order valence-corrected chi connectivity index (χ0v) is 8.72. The van der Waals surface area contributed by atoms with Gasteiger partial charge in [0.2, 0.25) is 0 Å². The van der Waals surface area contributed by atoms with Gasteiger partial charge in [0.05, 0.1) is 11.3 Å². The van der Waals surface area contributed by atoms with Crippen LogP contribution >= 0.6 is 11.6 Å². The molecule has 0 aliphatic heterocycles. The topological polar surface area (TPSA) is 70.8 Å². The Balaban J connectivity index is 3.05. The van der Waals surface area contributed by atoms with E-state index in [4.69, 9.17) is 16.9 Å². The van der Waals surface area contributed by atoms with Crippen LogP contribution in [0.5, 0.6) is 0 Å². The van der Waals surface area contributed by atoms with E-state index < -0.39 is 9.84 Å². The van der Waals surface area contributed by atoms with Gasteiger partial charge in [0, 0.05) is 12.1 Å². The number of nitriles is 1. The number of aromatic nitrogens is 1. The molecular formula is C8H7ClN2O2S. The highest BCUT2D eigenvalue weighted by Gasteiger charge is 2.14. The fourth-order valence-corrected chi connectivity index (χ4v) is 2.35. The Hall–Kier alpha value is -1.12. The van der Waals surface area contributed by atoms with Crippen molar-refractivity contribution in [1.82, 2.24) is 4.98 Å². The molecule has 0 aliphatic rings. The maximum Gasteiger partial charge on any atom is 0.196 e. The van der Waals surface area contributed by atoms with Gasteiger partial charge in [0.25, 0.3) is 0 Å². The van der Waals surface area contributed by atoms with Gasteiger partial charge in [-0.3, -0.25) is 0 Å². The van der Waals surface area contributed by atoms with Gasteiger partial charge < -0.3 is 0 Å². The van der Waals surface area contributed by atoms with Gasteiger partial charge in [-0.25, -0.2) is 13.4 Å². The molecule has 4 nitrogen and oxygen atoms in total. The number of nitrogens with zero attached hydrogens (tertiary/aromatic N) is 2. The Labute approximate surface area is 87.1 Å². The van der Waals surface area contributed by atoms with E-state index in [1.165, 1.54) is 18.3 Å². The predicted molar refractivity (Wildman–Crippen MR) is 51.7 cm³/mol. The summed E-state index contributed by atoms with van der Waals surface area (Å²) in [5, 5.41) is 8.43. The number of alkyl halides is 1. The molecule has 74 valence electrons. The van der Waals surface area contributed by atoms with Crippen LogP contribution in [0, 0.1) is 11.3 Å². The first-order valence-corrected chi connectivity index (χ1v) is 5.93. The SMILES string of the molecule is N#Cc1ccc(S(=O)(=O)CCCl)nc1. The molecule has 0 aromatic carbocycles. The Kier molecular flexibility index (Phi) is 3.44. The summed E-state index contributed by atoms with van der Waals surface area (Å²) in [6.07, 6.45) is 1.22. The number of hydrogen-bond acceptors (Lipinski definition) is 4. The van der Waals surface area contributed by atoms with Crippen LogP contribution in [0.4, 0.5) is 0 Å². The van der Waals surface area contributed by atoms with Crippen molar-refractivity contribution >= 4 is 21.4 Å². The number of rotatable bonds is 3. The summed E-state index contributed by atoms with van der Waals surface area (Å²) in [6, 6.07) is 4.57. The number of pyridine rings is 1. The number of sulfone groups is 1. The largest absolute Gasteiger partial charge is 0.243 e. The molecule has 0 saturated carbocycles. The number of hydrogen-bond donors (Lipinski definition) is 0. The molecule has 0 radical (unpaired) electrons. The van der Waals surface area contributed by atoms with Crippen molar-refractivity contribution in [3.8, 4) is 6.07 Å². The molecule has 0 aliphatic carbocycles. The van der Waals surface area contributed by atoms with Crippen LogP contribution in [0.2, 0.25) is 0 Å². The first-order valence-electron chi connectivity index (χ1n) is 3.75. The Morgan fingerprint density at radius 3 is 2.64 bits per heavy atom. The van der Waals surface area contributed by atoms with E-state index in [9.17, 15) is 8.42 Å². The smallest absolute Gasteiger partial charge is 0.196 e. The second kappa shape index (κ2) is 4.40. The van der Waals surface area contributed by atoms with Crippen molar-refractivity contribution in [2.75, 3.05) is 11.6 Å². The van der Waals surface area contributed by atoms with Gasteiger partial charge in [-0.1, -0.05) is 0 Å². The first kappa shape index (κ1) is 11.0. The zero-order valence-electron chi connectivity index (χ0n) is 7.14. The van der Waals surface area contributed by atoms with Crippen LogP contribution in [-0.4, -0.2) is 25.0 Å². The van der Waals surface area contributed by atoms with E-state index >= 15 is 0 Å². The molecular weight excluding hydrogens is 224 g/mol. The Bertz CT molecular complexity index is 447. The highest BCUT2D eigenvalue weighted by molar-refractivity contribution is 7.91. The van der Waals surface area contributed by atoms with E-state index in [0.29, 0.717) is 5.56 Å². The lowest BCUT2D eigenvalue weighted by Gasteiger charge is -1.99. The summed E-state index contributed by atoms with van der Waals surface area (Å²) in [6.45, 7) is 0. The summed E-state index contributed by atoms with van der Waals surface area (Å²) < 4.78 is 22.8. The summed E-state index contributed by atoms with van der Waals surface area (Å²) in [5.74, 6) is -0.114. The molecule has 0 saturated heterocycles. The zero-order chi connectivity index (χ0) is 10.6. The minimum atomic E-state index is -3.39. The molecule has 6 heteroatoms. The van der Waals surface area contributed by atoms with E-state index in [2.05, 4.69) is 4.98 Å². The quantitative estimate of drug-likeness (QED) is 0.726. The van der Waals surface area contributed by atoms with E-state index in [1.54, 1.807) is 0 Å². The van der Waals surface area contributed by atoms with Crippen LogP contribution in [0.3, 0.4) is 0 Å². The maximum absolute atomic E-state index is 11.4. The highest BCUT2D eigenvalue weighted by Crippen LogP contribution is 2.08. The molecule has 0 amide bonds. The predicted octanol–water partition coefficient (Wildman–Crippen LogP) is 0.966. The van der Waals surface area contributed by atoms with Crippen LogP contribution in [0.15, 0.2) is 23.4 Å². The van der Waals surface area contributed by atoms with Gasteiger partial charge >= 0.3 is 0 Å². The van der Waals surface area contributed by atoms with Gasteiger partial charge in [-0.2, -0.15) is 5.26 Å². The molecule has 0 unspecified atom stereocenters. The van der Waals surface area contributed by atoms with E-state index in [-0.39, 0.29) is 16.7 Å². The number of halogens is 1. The van der Waals surface area contributed by atoms with Crippen molar-refractivity contribution in [3.05, 3.63) is 23.9 Å². The van der Waals surface area contributed by atoms with Gasteiger partial charge in [-0.05, 0) is 12.1 Å². The standard InChI is InChI=1S/C8H7ClN2O2S/c9-3-4-14(12,13)8-2-1-7(5-10)6-11-8/h1-2,6H,3-4H2. The summed E-state index contributed by atoms with van der Waals surface area (Å²) >= 11 is 5.34. The molecule has 0 bridgehead atoms. The normalized spacial score (nSPS) is 10.9. The molecule has 1 heterocycles. The van der Waals surface area contributed by atoms with Gasteiger partial charge in [0.1, 0.15) is 6.07 Å². The third-order valence-electron chi connectivity index (χ3n) is 1.53. The van der Waals surface area contributed by atoms with Crippen LogP contribution < -0.4 is 0 Å². The summed E-state index contributed by atoms with van der Waals surface area (Å²) in [5.41, 5.74) is 0.329. The van der Waals surface area contributed by atoms with E-state index in [1.807, 2.05) is 6.07 Å². The molecule has 1 aromatic heterocycles. The van der Waals surface area contributed by atoms with Crippen molar-refractivity contribution < 1.29 is 8.42 Å². The Morgan fingerprint density at radius 1 is 1.50 bits per heavy atom. The third-order valence-corrected chi connectivity index (χ3v) is 3.56. The van der Waals surface area contributed by atoms with E-state index in [0.717, 1.165) is 0 Å². The van der Waals surface area contributed by atoms with Crippen molar-refractivity contribution in [1.29, 1.82) is 5.26 Å². The third kappa shape index (κ3) is 2.44. The Morgan fingerprint density at radius 2 is 2.21 bits per heavy atom. The first-order chi connectivity index (χ1) is 6.60. The average molecular weight is 231 g/mol. The fraction of sp³-hybridized carbons (Fsp3) is 0.250. The lowest BCUT2D eigenvalue weighted by molar-refractivity contribution is 0.594. The van der Waals surface area contributed by atoms with Gasteiger partial charge in [0.15, 0.2) is 14.9 Å². The van der Waals surface area contributed by atoms with Crippen molar-refractivity contribution in [2.45, 2.75) is 5.03 Å². The molecule has 0 N–H and O–H groups in total. The minimum absolute atomic E-state index is 0.0318. The minimum Gasteiger partial charge on any atom is -0.243 e. The van der Waals surface area contributed by atoms with Crippen molar-refractivity contribution in [3.63, 3.8) is 0 Å². The van der Waals surface area contributed by atoms with Crippen LogP contribution in [0.25, 0.3) is 0 Å². The highest BCUT2D eigenvalue weighted by atomic mass is 35.5. The second-order valence-electron chi connectivity index (χ2n) is 2.50. The second-order valence-corrected chi connectivity index (χ2v) is 4.94. The van der Waals surface area contributed by atoms with Crippen molar-refractivity contribution in [2.24, 2.45) is 0 Å². The molecule has 0 fully saturated rings. The molecule has 0 spiro atoms. The molecule has 1 aromatic rings. The summed E-state index contributed by atoms with van der Waals surface area (Å²) in [4.78, 5) is 3.67. The van der Waals surface area contributed by atoms with Gasteiger partial charge in [-0.15, -0.1) is 11.6 Å². The van der Waals surface area contributed by atoms with Crippen LogP contribution in [0.1, 0.15) is 5.56 Å². The average Bonchev–Trinajstić information content (AvgIpc) is 2.18. The molecule has 1 rings (SSSR count). The lowest BCUT2D eigenvalue weighted by atomic mass is 10.3. The lowest BCUT2D eigenvalue weighted by Crippen LogP contribution is -2.09. The van der Waals surface area contributed by atoms with Crippen LogP contribution in [-0.2, 0) is 9.84 Å². The maximum atomic E-state index is 11.4. The monoisotopic (exact) mass is 230 g/mol.